The van der Waals surface area contributed by atoms with E-state index in [1.54, 1.807) is 6.07 Å². The lowest BCUT2D eigenvalue weighted by Gasteiger charge is -2.13. The minimum absolute atomic E-state index is 0.0729. The van der Waals surface area contributed by atoms with Crippen LogP contribution >= 0.6 is 0 Å². The number of aryl methyl sites for hydroxylation is 1. The highest BCUT2D eigenvalue weighted by atomic mass is 16.2. The van der Waals surface area contributed by atoms with E-state index in [1.807, 2.05) is 19.9 Å². The fourth-order valence-electron chi connectivity index (χ4n) is 1.83. The van der Waals surface area contributed by atoms with Crippen LogP contribution in [0, 0.1) is 13.8 Å². The minimum Gasteiger partial charge on any atom is -0.398 e. The van der Waals surface area contributed by atoms with Gasteiger partial charge in [-0.2, -0.15) is 0 Å². The molecule has 1 aromatic heterocycles. The van der Waals surface area contributed by atoms with E-state index in [2.05, 4.69) is 10.3 Å². The summed E-state index contributed by atoms with van der Waals surface area (Å²) in [7, 11) is 0. The first-order valence-electron chi connectivity index (χ1n) is 5.85. The van der Waals surface area contributed by atoms with E-state index in [9.17, 15) is 9.59 Å². The molecule has 0 bridgehead atoms. The van der Waals surface area contributed by atoms with Gasteiger partial charge in [0.2, 0.25) is 0 Å². The molecule has 0 radical (unpaired) electrons. The maximum Gasteiger partial charge on any atom is 0.261 e. The van der Waals surface area contributed by atoms with Crippen molar-refractivity contribution in [3.63, 3.8) is 0 Å². The third kappa shape index (κ3) is 2.49. The van der Waals surface area contributed by atoms with Crippen LogP contribution in [0.25, 0.3) is 0 Å². The number of hydrogen-bond donors (Lipinski definition) is 3. The average Bonchev–Trinajstić information content (AvgIpc) is 2.39. The smallest absolute Gasteiger partial charge is 0.261 e. The summed E-state index contributed by atoms with van der Waals surface area (Å²) in [4.78, 5) is 26.4. The molecule has 0 saturated heterocycles. The summed E-state index contributed by atoms with van der Waals surface area (Å²) < 4.78 is 0. The second-order valence-electron chi connectivity index (χ2n) is 4.35. The molecule has 0 fully saturated rings. The predicted molar refractivity (Wildman–Crippen MR) is 75.3 cm³/mol. The summed E-state index contributed by atoms with van der Waals surface area (Å²) >= 11 is 0. The number of amides is 1. The fourth-order valence-corrected chi connectivity index (χ4v) is 1.83. The summed E-state index contributed by atoms with van der Waals surface area (Å²) in [6.45, 7) is 3.70. The summed E-state index contributed by atoms with van der Waals surface area (Å²) in [5.74, 6) is -0.446. The molecule has 4 N–H and O–H groups in total. The van der Waals surface area contributed by atoms with Crippen molar-refractivity contribution in [2.45, 2.75) is 13.8 Å². The minimum atomic E-state index is -0.446. The van der Waals surface area contributed by atoms with Gasteiger partial charge in [-0.3, -0.25) is 9.59 Å². The zero-order valence-corrected chi connectivity index (χ0v) is 10.8. The average molecular weight is 257 g/mol. The van der Waals surface area contributed by atoms with E-state index in [0.29, 0.717) is 11.4 Å². The molecule has 0 atom stereocenters. The summed E-state index contributed by atoms with van der Waals surface area (Å²) in [5.41, 5.74) is 8.50. The maximum absolute atomic E-state index is 12.1. The molecule has 2 rings (SSSR count). The Kier molecular flexibility index (Phi) is 3.37. The molecule has 98 valence electrons. The highest BCUT2D eigenvalue weighted by Crippen LogP contribution is 2.25. The number of rotatable bonds is 2. The van der Waals surface area contributed by atoms with Gasteiger partial charge in [0, 0.05) is 29.8 Å². The number of carbonyl (C=O) groups is 1. The van der Waals surface area contributed by atoms with Gasteiger partial charge in [-0.25, -0.2) is 0 Å². The zero-order chi connectivity index (χ0) is 14.0. The van der Waals surface area contributed by atoms with Gasteiger partial charge in [-0.15, -0.1) is 0 Å². The van der Waals surface area contributed by atoms with Gasteiger partial charge in [0.05, 0.1) is 0 Å². The number of hydrogen-bond acceptors (Lipinski definition) is 3. The van der Waals surface area contributed by atoms with Crippen molar-refractivity contribution in [3.05, 3.63) is 57.5 Å². The Labute approximate surface area is 110 Å². The predicted octanol–water partition coefficient (Wildman–Crippen LogP) is 1.83. The number of benzene rings is 1. The Hall–Kier alpha value is -2.56. The van der Waals surface area contributed by atoms with Crippen molar-refractivity contribution in [1.29, 1.82) is 0 Å². The second-order valence-corrected chi connectivity index (χ2v) is 4.35. The van der Waals surface area contributed by atoms with Crippen LogP contribution in [0.5, 0.6) is 0 Å². The van der Waals surface area contributed by atoms with Gasteiger partial charge in [-0.1, -0.05) is 6.07 Å². The highest BCUT2D eigenvalue weighted by Gasteiger charge is 2.13. The molecule has 19 heavy (non-hydrogen) atoms. The lowest BCUT2D eigenvalue weighted by Crippen LogP contribution is -2.21. The number of nitrogen functional groups attached to an aromatic ring is 1. The third-order valence-corrected chi connectivity index (χ3v) is 3.02. The van der Waals surface area contributed by atoms with Crippen LogP contribution in [0.4, 0.5) is 11.4 Å². The monoisotopic (exact) mass is 257 g/mol. The van der Waals surface area contributed by atoms with Gasteiger partial charge in [-0.05, 0) is 31.0 Å². The van der Waals surface area contributed by atoms with E-state index in [-0.39, 0.29) is 11.0 Å². The van der Waals surface area contributed by atoms with E-state index < -0.39 is 5.91 Å². The normalized spacial score (nSPS) is 10.2. The molecule has 0 aliphatic rings. The third-order valence-electron chi connectivity index (χ3n) is 3.02. The van der Waals surface area contributed by atoms with Crippen molar-refractivity contribution in [2.75, 3.05) is 11.1 Å². The van der Waals surface area contributed by atoms with Crippen molar-refractivity contribution in [1.82, 2.24) is 4.98 Å². The summed E-state index contributed by atoms with van der Waals surface area (Å²) in [5, 5.41) is 2.74. The standard InChI is InChI=1S/C14H15N3O2/c1-8-3-4-11(15)9(2)13(8)17-14(19)10-7-16-6-5-12(10)18/h3-7H,15H2,1-2H3,(H,16,18)(H,17,19). The highest BCUT2D eigenvalue weighted by molar-refractivity contribution is 6.05. The summed E-state index contributed by atoms with van der Waals surface area (Å²) in [6.07, 6.45) is 2.87. The SMILES string of the molecule is Cc1ccc(N)c(C)c1NC(=O)c1c[nH]ccc1=O. The Morgan fingerprint density at radius 3 is 2.68 bits per heavy atom. The van der Waals surface area contributed by atoms with Crippen LogP contribution in [0.15, 0.2) is 35.4 Å². The number of aromatic amines is 1. The van der Waals surface area contributed by atoms with Crippen LogP contribution in [-0.4, -0.2) is 10.9 Å². The number of anilines is 2. The summed E-state index contributed by atoms with van der Waals surface area (Å²) in [6, 6.07) is 4.93. The molecule has 0 aliphatic heterocycles. The first-order valence-corrected chi connectivity index (χ1v) is 5.85. The Bertz CT molecular complexity index is 689. The molecule has 0 spiro atoms. The number of pyridine rings is 1. The molecule has 1 amide bonds. The van der Waals surface area contributed by atoms with Crippen LogP contribution in [-0.2, 0) is 0 Å². The maximum atomic E-state index is 12.1. The van der Waals surface area contributed by atoms with Crippen molar-refractivity contribution in [3.8, 4) is 0 Å². The Morgan fingerprint density at radius 1 is 1.26 bits per heavy atom. The number of aromatic nitrogens is 1. The van der Waals surface area contributed by atoms with E-state index in [1.165, 1.54) is 18.5 Å². The molecular formula is C14H15N3O2. The zero-order valence-electron chi connectivity index (χ0n) is 10.8. The number of nitrogens with one attached hydrogen (secondary N) is 2. The van der Waals surface area contributed by atoms with Crippen molar-refractivity contribution >= 4 is 17.3 Å². The number of H-pyrrole nitrogens is 1. The van der Waals surface area contributed by atoms with Crippen LogP contribution in [0.2, 0.25) is 0 Å². The van der Waals surface area contributed by atoms with Crippen LogP contribution < -0.4 is 16.5 Å². The molecular weight excluding hydrogens is 242 g/mol. The van der Waals surface area contributed by atoms with E-state index >= 15 is 0 Å². The molecule has 0 unspecified atom stereocenters. The van der Waals surface area contributed by atoms with Gasteiger partial charge in [0.1, 0.15) is 5.56 Å². The molecule has 5 nitrogen and oxygen atoms in total. The number of nitrogens with two attached hydrogens (primary N) is 1. The molecule has 1 aromatic carbocycles. The van der Waals surface area contributed by atoms with E-state index in [0.717, 1.165) is 11.1 Å². The largest absolute Gasteiger partial charge is 0.398 e. The fraction of sp³-hybridized carbons (Fsp3) is 0.143. The number of carbonyl (C=O) groups excluding carboxylic acids is 1. The van der Waals surface area contributed by atoms with Gasteiger partial charge in [0.15, 0.2) is 5.43 Å². The van der Waals surface area contributed by atoms with Gasteiger partial charge < -0.3 is 16.0 Å². The first-order chi connectivity index (χ1) is 9.00. The Morgan fingerprint density at radius 2 is 2.00 bits per heavy atom. The molecule has 0 aliphatic carbocycles. The van der Waals surface area contributed by atoms with Crippen LogP contribution in [0.1, 0.15) is 21.5 Å². The van der Waals surface area contributed by atoms with E-state index in [4.69, 9.17) is 5.73 Å². The van der Waals surface area contributed by atoms with Crippen molar-refractivity contribution < 1.29 is 4.79 Å². The van der Waals surface area contributed by atoms with Gasteiger partial charge >= 0.3 is 0 Å². The van der Waals surface area contributed by atoms with Crippen LogP contribution in [0.3, 0.4) is 0 Å². The quantitative estimate of drug-likeness (QED) is 0.717. The Balaban J connectivity index is 2.38. The topological polar surface area (TPSA) is 88.0 Å². The molecule has 1 heterocycles. The lowest BCUT2D eigenvalue weighted by molar-refractivity contribution is 0.102. The van der Waals surface area contributed by atoms with Crippen molar-refractivity contribution in [2.24, 2.45) is 0 Å². The molecule has 0 saturated carbocycles. The first kappa shape index (κ1) is 12.9. The molecule has 5 heteroatoms. The second kappa shape index (κ2) is 4.97. The van der Waals surface area contributed by atoms with Gasteiger partial charge in [0.25, 0.3) is 5.91 Å². The molecule has 2 aromatic rings. The lowest BCUT2D eigenvalue weighted by atomic mass is 10.1.